The van der Waals surface area contributed by atoms with Crippen molar-refractivity contribution >= 4 is 34.4 Å². The Labute approximate surface area is 294 Å². The first kappa shape index (κ1) is 34.8. The molecule has 50 heavy (non-hydrogen) atoms. The lowest BCUT2D eigenvalue weighted by Crippen LogP contribution is -2.57. The quantitative estimate of drug-likeness (QED) is 0.219. The van der Waals surface area contributed by atoms with Gasteiger partial charge in [0.25, 0.3) is 0 Å². The van der Waals surface area contributed by atoms with Crippen LogP contribution >= 0.6 is 0 Å². The molecule has 4 amide bonds. The molecular weight excluding hydrogens is 626 g/mol. The lowest BCUT2D eigenvalue weighted by molar-refractivity contribution is -0.142. The maximum atomic E-state index is 14.6. The number of nitrogens with two attached hydrogens (primary N) is 1. The van der Waals surface area contributed by atoms with Gasteiger partial charge in [-0.15, -0.1) is 0 Å². The fourth-order valence-corrected chi connectivity index (χ4v) is 7.32. The Kier molecular flexibility index (Phi) is 11.6. The van der Waals surface area contributed by atoms with Gasteiger partial charge >= 0.3 is 0 Å². The normalized spacial score (nSPS) is 22.2. The van der Waals surface area contributed by atoms with E-state index in [1.807, 2.05) is 66.7 Å². The number of nitrogens with zero attached hydrogens (tertiary/aromatic N) is 1. The van der Waals surface area contributed by atoms with E-state index in [0.717, 1.165) is 39.4 Å². The highest BCUT2D eigenvalue weighted by Gasteiger charge is 2.45. The molecular formula is C41H47N5O4. The summed E-state index contributed by atoms with van der Waals surface area (Å²) >= 11 is 0. The number of nitrogens with one attached hydrogen (secondary N) is 3. The SMILES string of the molecule is NCCCC[C@@H]1NC(=O)[C@@H]2[C@H](c3ccccc3)CCN2C(=O)C(Cc2ccccc2)NC(=O)CCc2ccc3ccc(cc3c2)CCNC1=O. The van der Waals surface area contributed by atoms with Crippen molar-refractivity contribution in [2.45, 2.75) is 75.4 Å². The molecule has 0 saturated carbocycles. The van der Waals surface area contributed by atoms with Crippen LogP contribution in [0.2, 0.25) is 0 Å². The van der Waals surface area contributed by atoms with Crippen molar-refractivity contribution in [3.8, 4) is 0 Å². The number of benzene rings is 4. The largest absolute Gasteiger partial charge is 0.354 e. The molecule has 9 heteroatoms. The molecule has 1 unspecified atom stereocenters. The Bertz CT molecular complexity index is 1800. The summed E-state index contributed by atoms with van der Waals surface area (Å²) in [7, 11) is 0. The number of fused-ring (bicyclic) bond motifs is 3. The van der Waals surface area contributed by atoms with Gasteiger partial charge in [-0.1, -0.05) is 97.1 Å². The minimum Gasteiger partial charge on any atom is -0.354 e. The van der Waals surface area contributed by atoms with Crippen LogP contribution in [0, 0.1) is 0 Å². The second-order valence-corrected chi connectivity index (χ2v) is 13.5. The number of aryl methyl sites for hydroxylation is 1. The minimum absolute atomic E-state index is 0.219. The molecule has 1 fully saturated rings. The molecule has 2 heterocycles. The van der Waals surface area contributed by atoms with Gasteiger partial charge in [0, 0.05) is 31.8 Å². The van der Waals surface area contributed by atoms with E-state index in [1.54, 1.807) is 4.90 Å². The van der Waals surface area contributed by atoms with Crippen LogP contribution < -0.4 is 21.7 Å². The molecule has 1 saturated heterocycles. The first-order chi connectivity index (χ1) is 24.4. The molecule has 5 N–H and O–H groups in total. The van der Waals surface area contributed by atoms with Crippen LogP contribution in [0.3, 0.4) is 0 Å². The summed E-state index contributed by atoms with van der Waals surface area (Å²) in [6, 6.07) is 29.3. The van der Waals surface area contributed by atoms with Crippen LogP contribution in [0.1, 0.15) is 60.3 Å². The van der Waals surface area contributed by atoms with Crippen molar-refractivity contribution in [1.29, 1.82) is 0 Å². The molecule has 4 atom stereocenters. The lowest BCUT2D eigenvalue weighted by Gasteiger charge is -2.32. The molecule has 0 radical (unpaired) electrons. The van der Waals surface area contributed by atoms with Crippen molar-refractivity contribution in [3.63, 3.8) is 0 Å². The van der Waals surface area contributed by atoms with Gasteiger partial charge < -0.3 is 26.6 Å². The molecule has 3 bridgehead atoms. The highest BCUT2D eigenvalue weighted by atomic mass is 16.2. The molecule has 4 aromatic carbocycles. The molecule has 0 aliphatic carbocycles. The zero-order valence-electron chi connectivity index (χ0n) is 28.5. The van der Waals surface area contributed by atoms with E-state index in [0.29, 0.717) is 51.7 Å². The highest BCUT2D eigenvalue weighted by molar-refractivity contribution is 5.95. The minimum atomic E-state index is -0.872. The maximum Gasteiger partial charge on any atom is 0.246 e. The van der Waals surface area contributed by atoms with E-state index in [9.17, 15) is 19.2 Å². The number of carbonyl (C=O) groups is 4. The molecule has 2 aliphatic rings. The predicted octanol–water partition coefficient (Wildman–Crippen LogP) is 4.17. The summed E-state index contributed by atoms with van der Waals surface area (Å²) in [5, 5.41) is 11.3. The first-order valence-electron chi connectivity index (χ1n) is 17.9. The monoisotopic (exact) mass is 673 g/mol. The standard InChI is InChI=1S/C41H47N5O4/c42-22-8-7-13-35-39(48)43-23-20-30-15-18-31-17-14-29(25-33(31)26-30)16-19-37(47)44-36(27-28-9-3-1-4-10-28)41(50)46-24-21-34(38(46)40(49)45-35)32-11-5-2-6-12-32/h1-6,9-12,14-15,17-18,25-26,34-36,38H,7-8,13,16,19-24,27,42H2,(H,43,48)(H,44,47)(H,45,49)/t34-,35-,36?,38-/m0/s1. The Morgan fingerprint density at radius 2 is 1.40 bits per heavy atom. The third kappa shape index (κ3) is 8.58. The maximum absolute atomic E-state index is 14.6. The molecule has 6 rings (SSSR count). The summed E-state index contributed by atoms with van der Waals surface area (Å²) in [6.07, 6.45) is 4.04. The second-order valence-electron chi connectivity index (χ2n) is 13.5. The predicted molar refractivity (Wildman–Crippen MR) is 195 cm³/mol. The molecule has 0 spiro atoms. The van der Waals surface area contributed by atoms with Gasteiger partial charge in [-0.05, 0) is 78.1 Å². The summed E-state index contributed by atoms with van der Waals surface area (Å²) in [5.41, 5.74) is 9.74. The molecule has 9 nitrogen and oxygen atoms in total. The Hall–Kier alpha value is -5.02. The molecule has 0 aromatic heterocycles. The van der Waals surface area contributed by atoms with Gasteiger partial charge in [-0.2, -0.15) is 0 Å². The van der Waals surface area contributed by atoms with Crippen LogP contribution in [0.4, 0.5) is 0 Å². The zero-order chi connectivity index (χ0) is 34.9. The molecule has 260 valence electrons. The lowest BCUT2D eigenvalue weighted by atomic mass is 9.90. The fourth-order valence-electron chi connectivity index (χ4n) is 7.32. The van der Waals surface area contributed by atoms with Crippen molar-refractivity contribution in [1.82, 2.24) is 20.9 Å². The van der Waals surface area contributed by atoms with E-state index in [1.165, 1.54) is 0 Å². The number of unbranched alkanes of at least 4 members (excludes halogenated alkanes) is 1. The molecule has 2 aliphatic heterocycles. The van der Waals surface area contributed by atoms with E-state index in [-0.39, 0.29) is 42.4 Å². The molecule has 4 aromatic rings. The zero-order valence-corrected chi connectivity index (χ0v) is 28.5. The van der Waals surface area contributed by atoms with Crippen molar-refractivity contribution < 1.29 is 19.2 Å². The number of hydrogen-bond donors (Lipinski definition) is 4. The Morgan fingerprint density at radius 3 is 2.12 bits per heavy atom. The second kappa shape index (κ2) is 16.6. The van der Waals surface area contributed by atoms with Crippen LogP contribution in [0.15, 0.2) is 97.1 Å². The van der Waals surface area contributed by atoms with Gasteiger partial charge in [0.15, 0.2) is 0 Å². The van der Waals surface area contributed by atoms with E-state index in [4.69, 9.17) is 5.73 Å². The van der Waals surface area contributed by atoms with E-state index < -0.39 is 18.1 Å². The Balaban J connectivity index is 1.35. The highest BCUT2D eigenvalue weighted by Crippen LogP contribution is 2.34. The third-order valence-electron chi connectivity index (χ3n) is 10.00. The van der Waals surface area contributed by atoms with Crippen LogP contribution in [0.25, 0.3) is 10.8 Å². The van der Waals surface area contributed by atoms with E-state index in [2.05, 4.69) is 46.3 Å². The van der Waals surface area contributed by atoms with Gasteiger partial charge in [0.05, 0.1) is 0 Å². The van der Waals surface area contributed by atoms with Crippen molar-refractivity contribution in [2.24, 2.45) is 5.73 Å². The average Bonchev–Trinajstić information content (AvgIpc) is 3.59. The number of hydrogen-bond acceptors (Lipinski definition) is 5. The van der Waals surface area contributed by atoms with Gasteiger partial charge in [-0.25, -0.2) is 0 Å². The summed E-state index contributed by atoms with van der Waals surface area (Å²) in [4.78, 5) is 57.8. The topological polar surface area (TPSA) is 134 Å². The van der Waals surface area contributed by atoms with Crippen molar-refractivity contribution in [2.75, 3.05) is 19.6 Å². The summed E-state index contributed by atoms with van der Waals surface area (Å²) in [6.45, 7) is 1.25. The van der Waals surface area contributed by atoms with Crippen LogP contribution in [-0.4, -0.2) is 66.3 Å². The van der Waals surface area contributed by atoms with Gasteiger partial charge in [0.2, 0.25) is 23.6 Å². The van der Waals surface area contributed by atoms with Crippen LogP contribution in [-0.2, 0) is 38.4 Å². The third-order valence-corrected chi connectivity index (χ3v) is 10.00. The average molecular weight is 674 g/mol. The smallest absolute Gasteiger partial charge is 0.246 e. The first-order valence-corrected chi connectivity index (χ1v) is 17.9. The van der Waals surface area contributed by atoms with Crippen LogP contribution in [0.5, 0.6) is 0 Å². The van der Waals surface area contributed by atoms with Gasteiger partial charge in [-0.3, -0.25) is 19.2 Å². The number of rotatable bonds is 7. The summed E-state index contributed by atoms with van der Waals surface area (Å²) in [5.74, 6) is -1.44. The fraction of sp³-hybridized carbons (Fsp3) is 0.366. The van der Waals surface area contributed by atoms with Crippen molar-refractivity contribution in [3.05, 3.63) is 119 Å². The number of carbonyl (C=O) groups excluding carboxylic acids is 4. The Morgan fingerprint density at radius 1 is 0.700 bits per heavy atom. The summed E-state index contributed by atoms with van der Waals surface area (Å²) < 4.78 is 0. The van der Waals surface area contributed by atoms with E-state index >= 15 is 0 Å². The van der Waals surface area contributed by atoms with Gasteiger partial charge in [0.1, 0.15) is 18.1 Å². The number of amides is 4.